The third-order valence-electron chi connectivity index (χ3n) is 3.77. The van der Waals surface area contributed by atoms with Crippen molar-refractivity contribution in [2.75, 3.05) is 6.61 Å². The molecule has 0 N–H and O–H groups in total. The van der Waals surface area contributed by atoms with Gasteiger partial charge in [-0.3, -0.25) is 4.79 Å². The molecule has 0 amide bonds. The topological polar surface area (TPSA) is 35.5 Å². The normalized spacial score (nSPS) is 13.5. The first-order chi connectivity index (χ1) is 11.2. The molecule has 1 unspecified atom stereocenters. The number of esters is 1. The third kappa shape index (κ3) is 3.70. The minimum atomic E-state index is -0.121. The summed E-state index contributed by atoms with van der Waals surface area (Å²) < 4.78 is 11.3. The average Bonchev–Trinajstić information content (AvgIpc) is 2.57. The number of carbonyl (C=O) groups excluding carboxylic acids is 1. The van der Waals surface area contributed by atoms with Gasteiger partial charge in [0.2, 0.25) is 0 Å². The zero-order valence-corrected chi connectivity index (χ0v) is 14.2. The molecule has 0 radical (unpaired) electrons. The van der Waals surface area contributed by atoms with Crippen LogP contribution in [0.1, 0.15) is 38.2 Å². The second-order valence-corrected chi connectivity index (χ2v) is 6.77. The van der Waals surface area contributed by atoms with Crippen molar-refractivity contribution < 1.29 is 14.3 Å². The van der Waals surface area contributed by atoms with E-state index in [1.165, 1.54) is 0 Å². The Morgan fingerprint density at radius 2 is 1.96 bits per heavy atom. The molecule has 1 aliphatic rings. The summed E-state index contributed by atoms with van der Waals surface area (Å²) in [5.41, 5.74) is 1.16. The number of hydrogen-bond acceptors (Lipinski definition) is 4. The van der Waals surface area contributed by atoms with E-state index in [2.05, 4.69) is 19.1 Å². The zero-order chi connectivity index (χ0) is 16.2. The number of benzene rings is 2. The van der Waals surface area contributed by atoms with Crippen molar-refractivity contribution in [2.45, 2.75) is 42.4 Å². The fourth-order valence-electron chi connectivity index (χ4n) is 2.44. The quantitative estimate of drug-likeness (QED) is 0.588. The molecule has 2 aromatic carbocycles. The predicted octanol–water partition coefficient (Wildman–Crippen LogP) is 5.39. The van der Waals surface area contributed by atoms with Crippen LogP contribution in [0.3, 0.4) is 0 Å². The van der Waals surface area contributed by atoms with Gasteiger partial charge in [-0.1, -0.05) is 43.8 Å². The van der Waals surface area contributed by atoms with Gasteiger partial charge in [-0.25, -0.2) is 0 Å². The molecule has 3 nitrogen and oxygen atoms in total. The molecule has 23 heavy (non-hydrogen) atoms. The third-order valence-corrected chi connectivity index (χ3v) is 4.87. The summed E-state index contributed by atoms with van der Waals surface area (Å²) in [5.74, 6) is 1.83. The molecule has 0 saturated heterocycles. The summed E-state index contributed by atoms with van der Waals surface area (Å²) in [4.78, 5) is 13.7. The highest BCUT2D eigenvalue weighted by Gasteiger charge is 2.19. The fraction of sp³-hybridized carbons (Fsp3) is 0.316. The van der Waals surface area contributed by atoms with E-state index < -0.39 is 0 Å². The van der Waals surface area contributed by atoms with Crippen molar-refractivity contribution in [2.24, 2.45) is 0 Å². The monoisotopic (exact) mass is 328 g/mol. The van der Waals surface area contributed by atoms with Crippen LogP contribution in [0.4, 0.5) is 0 Å². The first-order valence-electron chi connectivity index (χ1n) is 7.91. The highest BCUT2D eigenvalue weighted by atomic mass is 32.2. The van der Waals surface area contributed by atoms with Gasteiger partial charge in [0.05, 0.1) is 16.4 Å². The van der Waals surface area contributed by atoms with Crippen LogP contribution in [0.25, 0.3) is 0 Å². The van der Waals surface area contributed by atoms with Crippen molar-refractivity contribution in [1.29, 1.82) is 0 Å². The highest BCUT2D eigenvalue weighted by molar-refractivity contribution is 7.99. The highest BCUT2D eigenvalue weighted by Crippen LogP contribution is 2.47. The summed E-state index contributed by atoms with van der Waals surface area (Å²) in [6.45, 7) is 4.46. The molecule has 0 bridgehead atoms. The SMILES string of the molecule is CCCC(=O)OCC(C)c1ccc2c(c1)Sc1ccccc1O2. The lowest BCUT2D eigenvalue weighted by atomic mass is 10.0. The lowest BCUT2D eigenvalue weighted by Crippen LogP contribution is -2.10. The van der Waals surface area contributed by atoms with E-state index in [1.807, 2.05) is 37.3 Å². The van der Waals surface area contributed by atoms with Crippen LogP contribution < -0.4 is 4.74 Å². The maximum atomic E-state index is 11.5. The van der Waals surface area contributed by atoms with Crippen LogP contribution in [0.2, 0.25) is 0 Å². The standard InChI is InChI=1S/C19H20O3S/c1-3-6-19(20)21-12-13(2)14-9-10-16-18(11-14)23-17-8-5-4-7-15(17)22-16/h4-5,7-11,13H,3,6,12H2,1-2H3. The molecule has 0 aliphatic carbocycles. The molecule has 4 heteroatoms. The molecule has 0 spiro atoms. The zero-order valence-electron chi connectivity index (χ0n) is 13.4. The number of fused-ring (bicyclic) bond motifs is 2. The summed E-state index contributed by atoms with van der Waals surface area (Å²) in [5, 5.41) is 0. The summed E-state index contributed by atoms with van der Waals surface area (Å²) in [6, 6.07) is 14.2. The maximum absolute atomic E-state index is 11.5. The molecule has 120 valence electrons. The molecular formula is C19H20O3S. The van der Waals surface area contributed by atoms with Gasteiger partial charge in [-0.05, 0) is 36.2 Å². The Kier molecular flexibility index (Phi) is 4.91. The van der Waals surface area contributed by atoms with Crippen molar-refractivity contribution in [1.82, 2.24) is 0 Å². The molecule has 0 saturated carbocycles. The van der Waals surface area contributed by atoms with Gasteiger partial charge in [0.15, 0.2) is 0 Å². The van der Waals surface area contributed by atoms with E-state index in [1.54, 1.807) is 11.8 Å². The Morgan fingerprint density at radius 3 is 2.78 bits per heavy atom. The predicted molar refractivity (Wildman–Crippen MR) is 91.4 cm³/mol. The lowest BCUT2D eigenvalue weighted by Gasteiger charge is -2.21. The van der Waals surface area contributed by atoms with E-state index in [0.717, 1.165) is 33.3 Å². The van der Waals surface area contributed by atoms with Gasteiger partial charge in [-0.2, -0.15) is 0 Å². The van der Waals surface area contributed by atoms with Crippen LogP contribution in [-0.2, 0) is 9.53 Å². The largest absolute Gasteiger partial charge is 0.465 e. The number of hydrogen-bond donors (Lipinski definition) is 0. The molecular weight excluding hydrogens is 308 g/mol. The van der Waals surface area contributed by atoms with E-state index in [9.17, 15) is 4.79 Å². The molecule has 2 aromatic rings. The van der Waals surface area contributed by atoms with Crippen LogP contribution in [0.15, 0.2) is 52.3 Å². The van der Waals surface area contributed by atoms with E-state index in [0.29, 0.717) is 13.0 Å². The van der Waals surface area contributed by atoms with Crippen molar-refractivity contribution in [3.05, 3.63) is 48.0 Å². The lowest BCUT2D eigenvalue weighted by molar-refractivity contribution is -0.144. The summed E-state index contributed by atoms with van der Waals surface area (Å²) >= 11 is 1.71. The molecule has 1 aliphatic heterocycles. The maximum Gasteiger partial charge on any atom is 0.305 e. The smallest absolute Gasteiger partial charge is 0.305 e. The molecule has 0 aromatic heterocycles. The van der Waals surface area contributed by atoms with E-state index in [4.69, 9.17) is 9.47 Å². The Morgan fingerprint density at radius 1 is 1.17 bits per heavy atom. The molecule has 3 rings (SSSR count). The second kappa shape index (κ2) is 7.09. The van der Waals surface area contributed by atoms with Gasteiger partial charge in [-0.15, -0.1) is 0 Å². The number of carbonyl (C=O) groups is 1. The van der Waals surface area contributed by atoms with Crippen LogP contribution in [0.5, 0.6) is 11.5 Å². The van der Waals surface area contributed by atoms with Gasteiger partial charge in [0, 0.05) is 12.3 Å². The summed E-state index contributed by atoms with van der Waals surface area (Å²) in [7, 11) is 0. The molecule has 0 fully saturated rings. The number of ether oxygens (including phenoxy) is 2. The van der Waals surface area contributed by atoms with Gasteiger partial charge < -0.3 is 9.47 Å². The van der Waals surface area contributed by atoms with Gasteiger partial charge in [0.1, 0.15) is 11.5 Å². The van der Waals surface area contributed by atoms with E-state index in [-0.39, 0.29) is 11.9 Å². The first-order valence-corrected chi connectivity index (χ1v) is 8.73. The number of para-hydroxylation sites is 1. The van der Waals surface area contributed by atoms with Crippen molar-refractivity contribution in [3.8, 4) is 11.5 Å². The van der Waals surface area contributed by atoms with Gasteiger partial charge in [0.25, 0.3) is 0 Å². The van der Waals surface area contributed by atoms with Gasteiger partial charge >= 0.3 is 5.97 Å². The summed E-state index contributed by atoms with van der Waals surface area (Å²) in [6.07, 6.45) is 1.30. The second-order valence-electron chi connectivity index (χ2n) is 5.69. The number of rotatable bonds is 5. The Bertz CT molecular complexity index is 712. The fourth-order valence-corrected chi connectivity index (χ4v) is 3.44. The van der Waals surface area contributed by atoms with E-state index >= 15 is 0 Å². The average molecular weight is 328 g/mol. The van der Waals surface area contributed by atoms with Crippen molar-refractivity contribution in [3.63, 3.8) is 0 Å². The van der Waals surface area contributed by atoms with Crippen LogP contribution >= 0.6 is 11.8 Å². The Hall–Kier alpha value is -1.94. The van der Waals surface area contributed by atoms with Crippen LogP contribution in [-0.4, -0.2) is 12.6 Å². The Labute approximate surface area is 141 Å². The molecule has 1 atom stereocenters. The first kappa shape index (κ1) is 15.9. The van der Waals surface area contributed by atoms with Crippen LogP contribution in [0, 0.1) is 0 Å². The van der Waals surface area contributed by atoms with Crippen molar-refractivity contribution >= 4 is 17.7 Å². The minimum absolute atomic E-state index is 0.121. The Balaban J connectivity index is 1.71. The minimum Gasteiger partial charge on any atom is -0.465 e. The molecule has 1 heterocycles.